The largest absolute Gasteiger partial charge is 0.396 e. The zero-order chi connectivity index (χ0) is 15.5. The highest BCUT2D eigenvalue weighted by Crippen LogP contribution is 2.26. The minimum Gasteiger partial charge on any atom is -0.396 e. The fourth-order valence-corrected chi connectivity index (χ4v) is 2.68. The summed E-state index contributed by atoms with van der Waals surface area (Å²) in [5.41, 5.74) is 3.31. The van der Waals surface area contributed by atoms with E-state index in [-0.39, 0.29) is 0 Å². The van der Waals surface area contributed by atoms with E-state index >= 15 is 0 Å². The summed E-state index contributed by atoms with van der Waals surface area (Å²) in [5, 5.41) is 9.28. The summed E-state index contributed by atoms with van der Waals surface area (Å²) in [7, 11) is 1.70. The summed E-state index contributed by atoms with van der Waals surface area (Å²) in [6, 6.07) is 7.57. The van der Waals surface area contributed by atoms with E-state index in [2.05, 4.69) is 35.5 Å². The number of hydrogen-bond acceptors (Lipinski definition) is 4. The summed E-state index contributed by atoms with van der Waals surface area (Å²) in [6.45, 7) is 5.53. The molecule has 0 amide bonds. The van der Waals surface area contributed by atoms with Gasteiger partial charge in [0.05, 0.1) is 5.69 Å². The first kappa shape index (κ1) is 15.3. The number of benzene rings is 1. The van der Waals surface area contributed by atoms with Crippen molar-refractivity contribution < 1.29 is 9.57 Å². The van der Waals surface area contributed by atoms with Gasteiger partial charge in [0.15, 0.2) is 0 Å². The van der Waals surface area contributed by atoms with Crippen LogP contribution >= 0.6 is 0 Å². The van der Waals surface area contributed by atoms with Gasteiger partial charge >= 0.3 is 0 Å². The van der Waals surface area contributed by atoms with Crippen molar-refractivity contribution in [2.45, 2.75) is 45.2 Å². The molecule has 2 aromatic rings. The lowest BCUT2D eigenvalue weighted by Crippen LogP contribution is -2.21. The van der Waals surface area contributed by atoms with E-state index in [4.69, 9.17) is 9.57 Å². The molecule has 0 aliphatic heterocycles. The molecule has 5 heteroatoms. The highest BCUT2D eigenvalue weighted by Gasteiger charge is 2.23. The van der Waals surface area contributed by atoms with Crippen LogP contribution in [0.4, 0.5) is 0 Å². The van der Waals surface area contributed by atoms with E-state index in [1.165, 1.54) is 18.4 Å². The molecule has 0 spiro atoms. The van der Waals surface area contributed by atoms with E-state index in [1.54, 1.807) is 12.0 Å². The minimum absolute atomic E-state index is 0.356. The summed E-state index contributed by atoms with van der Waals surface area (Å²) in [4.78, 5) is 7.44. The zero-order valence-electron chi connectivity index (χ0n) is 13.6. The topological polar surface area (TPSA) is 48.3 Å². The van der Waals surface area contributed by atoms with Crippen LogP contribution in [0, 0.1) is 6.92 Å². The monoisotopic (exact) mass is 303 g/mol. The number of methoxy groups -OCH3 is 1. The molecule has 5 nitrogen and oxygen atoms in total. The van der Waals surface area contributed by atoms with Crippen molar-refractivity contribution in [1.29, 1.82) is 0 Å². The van der Waals surface area contributed by atoms with Crippen LogP contribution in [0.5, 0.6) is 0 Å². The average molecular weight is 303 g/mol. The van der Waals surface area contributed by atoms with Crippen LogP contribution in [-0.2, 0) is 4.74 Å². The van der Waals surface area contributed by atoms with Gasteiger partial charge in [-0.05, 0) is 38.3 Å². The van der Waals surface area contributed by atoms with Crippen LogP contribution < -0.4 is 10.2 Å². The third-order valence-electron chi connectivity index (χ3n) is 4.13. The van der Waals surface area contributed by atoms with Crippen LogP contribution in [0.2, 0.25) is 0 Å². The molecule has 3 rings (SSSR count). The number of rotatable bonds is 8. The summed E-state index contributed by atoms with van der Waals surface area (Å²) < 4.78 is 5.05. The average Bonchev–Trinajstić information content (AvgIpc) is 3.28. The molecule has 0 saturated heterocycles. The third kappa shape index (κ3) is 3.42. The Kier molecular flexibility index (Phi) is 4.64. The number of nitrogens with one attached hydrogen (secondary N) is 1. The molecule has 1 fully saturated rings. The number of aryl methyl sites for hydroxylation is 1. The first-order valence-electron chi connectivity index (χ1n) is 8.06. The molecule has 1 atom stereocenters. The Labute approximate surface area is 131 Å². The normalized spacial score (nSPS) is 16.1. The number of ether oxygens (including phenoxy) is 1. The summed E-state index contributed by atoms with van der Waals surface area (Å²) in [5.74, 6) is 0. The van der Waals surface area contributed by atoms with Gasteiger partial charge in [0.2, 0.25) is 0 Å². The van der Waals surface area contributed by atoms with E-state index in [0.29, 0.717) is 25.3 Å². The van der Waals surface area contributed by atoms with E-state index in [9.17, 15) is 0 Å². The minimum atomic E-state index is 0.356. The molecule has 120 valence electrons. The predicted octanol–water partition coefficient (Wildman–Crippen LogP) is 2.62. The maximum atomic E-state index is 5.78. The van der Waals surface area contributed by atoms with Gasteiger partial charge in [-0.3, -0.25) is 0 Å². The highest BCUT2D eigenvalue weighted by atomic mass is 16.7. The van der Waals surface area contributed by atoms with Crippen molar-refractivity contribution >= 4 is 10.9 Å². The Morgan fingerprint density at radius 3 is 2.91 bits per heavy atom. The summed E-state index contributed by atoms with van der Waals surface area (Å²) >= 11 is 0. The molecule has 1 unspecified atom stereocenters. The number of fused-ring (bicyclic) bond motifs is 1. The van der Waals surface area contributed by atoms with Crippen molar-refractivity contribution in [3.8, 4) is 0 Å². The Morgan fingerprint density at radius 2 is 2.18 bits per heavy atom. The standard InChI is InChI=1S/C17H25N3O2/c1-12(18-15-6-7-15)14-5-8-16-13(2)19-20(17(16)11-14)22-10-4-9-21-3/h5,8,11-12,15,18H,4,6-7,9-10H2,1-3H3. The Morgan fingerprint density at radius 1 is 1.36 bits per heavy atom. The molecule has 1 aliphatic carbocycles. The zero-order valence-corrected chi connectivity index (χ0v) is 13.6. The van der Waals surface area contributed by atoms with Gasteiger partial charge in [-0.2, -0.15) is 0 Å². The van der Waals surface area contributed by atoms with Gasteiger partial charge < -0.3 is 14.9 Å². The maximum absolute atomic E-state index is 5.78. The number of hydrogen-bond donors (Lipinski definition) is 1. The molecule has 1 N–H and O–H groups in total. The molecule has 1 aromatic heterocycles. The van der Waals surface area contributed by atoms with Crippen molar-refractivity contribution in [2.75, 3.05) is 20.3 Å². The SMILES string of the molecule is COCCCOn1nc(C)c2ccc(C(C)NC3CC3)cc21. The van der Waals surface area contributed by atoms with E-state index in [0.717, 1.165) is 23.0 Å². The van der Waals surface area contributed by atoms with Crippen molar-refractivity contribution in [2.24, 2.45) is 0 Å². The van der Waals surface area contributed by atoms with Gasteiger partial charge in [0.1, 0.15) is 12.1 Å². The Hall–Kier alpha value is -1.59. The lowest BCUT2D eigenvalue weighted by Gasteiger charge is -2.14. The molecular weight excluding hydrogens is 278 g/mol. The van der Waals surface area contributed by atoms with Crippen molar-refractivity contribution in [3.05, 3.63) is 29.5 Å². The van der Waals surface area contributed by atoms with Gasteiger partial charge in [0.25, 0.3) is 0 Å². The predicted molar refractivity (Wildman–Crippen MR) is 87.0 cm³/mol. The van der Waals surface area contributed by atoms with Gasteiger partial charge in [-0.25, -0.2) is 0 Å². The second kappa shape index (κ2) is 6.67. The third-order valence-corrected chi connectivity index (χ3v) is 4.13. The highest BCUT2D eigenvalue weighted by molar-refractivity contribution is 5.82. The van der Waals surface area contributed by atoms with Crippen LogP contribution in [0.3, 0.4) is 0 Å². The summed E-state index contributed by atoms with van der Waals surface area (Å²) in [6.07, 6.45) is 3.45. The van der Waals surface area contributed by atoms with Gasteiger partial charge in [0, 0.05) is 37.6 Å². The molecule has 1 aliphatic rings. The second-order valence-corrected chi connectivity index (χ2v) is 6.08. The Balaban J connectivity index is 1.78. The van der Waals surface area contributed by atoms with Crippen LogP contribution in [0.1, 0.15) is 43.5 Å². The quantitative estimate of drug-likeness (QED) is 0.762. The lowest BCUT2D eigenvalue weighted by molar-refractivity contribution is 0.0720. The fourth-order valence-electron chi connectivity index (χ4n) is 2.68. The van der Waals surface area contributed by atoms with Crippen LogP contribution in [0.25, 0.3) is 10.9 Å². The van der Waals surface area contributed by atoms with Gasteiger partial charge in [-0.15, -0.1) is 5.10 Å². The second-order valence-electron chi connectivity index (χ2n) is 6.08. The molecule has 0 radical (unpaired) electrons. The van der Waals surface area contributed by atoms with Crippen LogP contribution in [0.15, 0.2) is 18.2 Å². The van der Waals surface area contributed by atoms with E-state index in [1.807, 2.05) is 6.92 Å². The first-order valence-corrected chi connectivity index (χ1v) is 8.06. The molecule has 22 heavy (non-hydrogen) atoms. The number of aromatic nitrogens is 2. The molecular formula is C17H25N3O2. The molecule has 0 bridgehead atoms. The number of nitrogens with zero attached hydrogens (tertiary/aromatic N) is 2. The van der Waals surface area contributed by atoms with Crippen molar-refractivity contribution in [3.63, 3.8) is 0 Å². The molecule has 1 saturated carbocycles. The smallest absolute Gasteiger partial charge is 0.119 e. The molecule has 1 aromatic carbocycles. The fraction of sp³-hybridized carbons (Fsp3) is 0.588. The van der Waals surface area contributed by atoms with Gasteiger partial charge in [-0.1, -0.05) is 17.0 Å². The van der Waals surface area contributed by atoms with E-state index < -0.39 is 0 Å². The van der Waals surface area contributed by atoms with Crippen LogP contribution in [-0.4, -0.2) is 36.3 Å². The lowest BCUT2D eigenvalue weighted by atomic mass is 10.1. The first-order chi connectivity index (χ1) is 10.7. The maximum Gasteiger partial charge on any atom is 0.119 e. The molecule has 1 heterocycles. The Bertz CT molecular complexity index is 634. The van der Waals surface area contributed by atoms with Crippen molar-refractivity contribution in [1.82, 2.24) is 15.3 Å².